The molecule has 5 rings (SSSR count). The molecule has 4 saturated carbocycles. The minimum atomic E-state index is 0.497. The van der Waals surface area contributed by atoms with E-state index in [2.05, 4.69) is 50.3 Å². The van der Waals surface area contributed by atoms with E-state index in [0.29, 0.717) is 16.9 Å². The lowest BCUT2D eigenvalue weighted by Crippen LogP contribution is -2.44. The van der Waals surface area contributed by atoms with E-state index >= 15 is 0 Å². The minimum absolute atomic E-state index is 0.497. The highest BCUT2D eigenvalue weighted by atomic mass is 16.5. The molecule has 0 radical (unpaired) electrons. The Bertz CT molecular complexity index is 682. The van der Waals surface area contributed by atoms with E-state index in [1.54, 1.807) is 11.1 Å². The summed E-state index contributed by atoms with van der Waals surface area (Å²) in [6, 6.07) is 10.0. The van der Waals surface area contributed by atoms with Crippen LogP contribution in [0.4, 0.5) is 0 Å². The summed E-state index contributed by atoms with van der Waals surface area (Å²) in [5.74, 6) is 0.744. The number of hydrogen-bond acceptors (Lipinski definition) is 1. The maximum Gasteiger partial charge on any atom is 0.0575 e. The fraction of sp³-hybridized carbons (Fsp3) is 0.742. The Kier molecular flexibility index (Phi) is 8.55. The van der Waals surface area contributed by atoms with Crippen molar-refractivity contribution in [2.45, 2.75) is 134 Å². The van der Waals surface area contributed by atoms with E-state index in [1.807, 2.05) is 0 Å². The number of unbranched alkanes of at least 4 members (excludes halogenated alkanes) is 3. The Morgan fingerprint density at radius 1 is 0.875 bits per heavy atom. The van der Waals surface area contributed by atoms with Crippen molar-refractivity contribution in [1.29, 1.82) is 0 Å². The first-order valence-electron chi connectivity index (χ1n) is 14.0. The van der Waals surface area contributed by atoms with Crippen LogP contribution in [0.2, 0.25) is 0 Å². The second-order valence-corrected chi connectivity index (χ2v) is 11.4. The van der Waals surface area contributed by atoms with Crippen LogP contribution in [-0.4, -0.2) is 12.7 Å². The first-order chi connectivity index (χ1) is 15.7. The smallest absolute Gasteiger partial charge is 0.0575 e. The Labute approximate surface area is 198 Å². The molecule has 0 aromatic heterocycles. The van der Waals surface area contributed by atoms with Gasteiger partial charge in [0, 0.05) is 6.61 Å². The summed E-state index contributed by atoms with van der Waals surface area (Å²) in [5.41, 5.74) is 4.45. The second kappa shape index (κ2) is 11.4. The molecule has 4 aliphatic rings. The standard InChI is InChI=1S/C31H48O/c1-3-5-7-9-25-32-29-16-12-27(13-17-29)26-10-14-28(15-11-26)31-22-19-30(20-23-31,21-24-31)18-8-6-4-2/h3,5,10-11,14-15,27,29H,4,6-9,12-13,16-25H2,1-2H3. The average Bonchev–Trinajstić information content (AvgIpc) is 2.86. The van der Waals surface area contributed by atoms with E-state index in [0.717, 1.165) is 25.4 Å². The maximum atomic E-state index is 6.15. The zero-order valence-electron chi connectivity index (χ0n) is 21.0. The van der Waals surface area contributed by atoms with Gasteiger partial charge in [0.05, 0.1) is 6.10 Å². The molecule has 0 unspecified atom stereocenters. The van der Waals surface area contributed by atoms with E-state index in [9.17, 15) is 0 Å². The van der Waals surface area contributed by atoms with Crippen molar-refractivity contribution in [3.63, 3.8) is 0 Å². The zero-order chi connectivity index (χ0) is 22.3. The van der Waals surface area contributed by atoms with E-state index in [-0.39, 0.29) is 0 Å². The summed E-state index contributed by atoms with van der Waals surface area (Å²) in [4.78, 5) is 0. The van der Waals surface area contributed by atoms with Crippen LogP contribution in [0.15, 0.2) is 36.4 Å². The van der Waals surface area contributed by atoms with Crippen LogP contribution in [-0.2, 0) is 10.2 Å². The molecule has 32 heavy (non-hydrogen) atoms. The highest BCUT2D eigenvalue weighted by Gasteiger charge is 2.48. The number of ether oxygens (including phenoxy) is 1. The Morgan fingerprint density at radius 3 is 2.19 bits per heavy atom. The molecule has 4 aliphatic carbocycles. The number of rotatable bonds is 11. The summed E-state index contributed by atoms with van der Waals surface area (Å²) in [6.07, 6.45) is 26.8. The van der Waals surface area contributed by atoms with Crippen LogP contribution < -0.4 is 0 Å². The molecule has 0 aliphatic heterocycles. The molecule has 0 heterocycles. The number of fused-ring (bicyclic) bond motifs is 3. The quantitative estimate of drug-likeness (QED) is 0.248. The summed E-state index contributed by atoms with van der Waals surface area (Å²) in [6.45, 7) is 5.36. The summed E-state index contributed by atoms with van der Waals surface area (Å²) in [5, 5.41) is 0. The zero-order valence-corrected chi connectivity index (χ0v) is 21.0. The summed E-state index contributed by atoms with van der Waals surface area (Å²) in [7, 11) is 0. The van der Waals surface area contributed by atoms with Crippen molar-refractivity contribution in [2.75, 3.05) is 6.61 Å². The van der Waals surface area contributed by atoms with E-state index < -0.39 is 0 Å². The van der Waals surface area contributed by atoms with Gasteiger partial charge >= 0.3 is 0 Å². The number of allylic oxidation sites excluding steroid dienone is 2. The van der Waals surface area contributed by atoms with E-state index in [4.69, 9.17) is 4.74 Å². The van der Waals surface area contributed by atoms with Gasteiger partial charge in [0.2, 0.25) is 0 Å². The number of benzene rings is 1. The largest absolute Gasteiger partial charge is 0.378 e. The van der Waals surface area contributed by atoms with E-state index in [1.165, 1.54) is 89.9 Å². The van der Waals surface area contributed by atoms with Crippen LogP contribution >= 0.6 is 0 Å². The summed E-state index contributed by atoms with van der Waals surface area (Å²) >= 11 is 0. The third kappa shape index (κ3) is 5.69. The molecule has 0 atom stereocenters. The van der Waals surface area contributed by atoms with Gasteiger partial charge in [0.15, 0.2) is 0 Å². The Hall–Kier alpha value is -1.08. The Morgan fingerprint density at radius 2 is 1.56 bits per heavy atom. The molecule has 0 amide bonds. The SMILES string of the molecule is CC=CCCCOC1CCC(c2ccc(C34CCC(CCCCC)(CC3)CC4)cc2)CC1. The van der Waals surface area contributed by atoms with Crippen molar-refractivity contribution in [3.05, 3.63) is 47.5 Å². The molecule has 1 nitrogen and oxygen atoms in total. The van der Waals surface area contributed by atoms with Crippen molar-refractivity contribution < 1.29 is 4.74 Å². The van der Waals surface area contributed by atoms with Gasteiger partial charge in [0.25, 0.3) is 0 Å². The van der Waals surface area contributed by atoms with Crippen molar-refractivity contribution in [2.24, 2.45) is 5.41 Å². The molecule has 178 valence electrons. The second-order valence-electron chi connectivity index (χ2n) is 11.4. The van der Waals surface area contributed by atoms with Gasteiger partial charge in [-0.3, -0.25) is 0 Å². The molecule has 1 aromatic rings. The van der Waals surface area contributed by atoms with Gasteiger partial charge in [-0.25, -0.2) is 0 Å². The van der Waals surface area contributed by atoms with Crippen molar-refractivity contribution >= 4 is 0 Å². The molecule has 0 spiro atoms. The van der Waals surface area contributed by atoms with Gasteiger partial charge in [-0.2, -0.15) is 0 Å². The maximum absolute atomic E-state index is 6.15. The van der Waals surface area contributed by atoms with Gasteiger partial charge in [-0.1, -0.05) is 62.6 Å². The molecular weight excluding hydrogens is 388 g/mol. The topological polar surface area (TPSA) is 9.23 Å². The first-order valence-corrected chi connectivity index (χ1v) is 14.0. The van der Waals surface area contributed by atoms with Crippen LogP contribution in [0.3, 0.4) is 0 Å². The highest BCUT2D eigenvalue weighted by molar-refractivity contribution is 5.33. The lowest BCUT2D eigenvalue weighted by molar-refractivity contribution is 0.0237. The van der Waals surface area contributed by atoms with Crippen molar-refractivity contribution in [3.8, 4) is 0 Å². The molecule has 0 N–H and O–H groups in total. The van der Waals surface area contributed by atoms with Gasteiger partial charge in [0.1, 0.15) is 0 Å². The molecule has 2 bridgehead atoms. The van der Waals surface area contributed by atoms with Gasteiger partial charge in [-0.15, -0.1) is 0 Å². The van der Waals surface area contributed by atoms with Crippen LogP contribution in [0, 0.1) is 5.41 Å². The lowest BCUT2D eigenvalue weighted by atomic mass is 9.51. The lowest BCUT2D eigenvalue weighted by Gasteiger charge is -2.54. The summed E-state index contributed by atoms with van der Waals surface area (Å²) < 4.78 is 6.15. The normalized spacial score (nSPS) is 32.6. The average molecular weight is 437 g/mol. The third-order valence-corrected chi connectivity index (χ3v) is 9.49. The minimum Gasteiger partial charge on any atom is -0.378 e. The van der Waals surface area contributed by atoms with Crippen LogP contribution in [0.5, 0.6) is 0 Å². The van der Waals surface area contributed by atoms with Crippen molar-refractivity contribution in [1.82, 2.24) is 0 Å². The third-order valence-electron chi connectivity index (χ3n) is 9.49. The molecule has 4 fully saturated rings. The van der Waals surface area contributed by atoms with Gasteiger partial charge < -0.3 is 4.74 Å². The predicted octanol–water partition coefficient (Wildman–Crippen LogP) is 9.26. The molecule has 1 aromatic carbocycles. The van der Waals surface area contributed by atoms with Gasteiger partial charge in [-0.05, 0) is 118 Å². The first kappa shape index (κ1) is 24.1. The monoisotopic (exact) mass is 436 g/mol. The predicted molar refractivity (Wildman–Crippen MR) is 137 cm³/mol. The van der Waals surface area contributed by atoms with Crippen LogP contribution in [0.25, 0.3) is 0 Å². The fourth-order valence-corrected chi connectivity index (χ4v) is 7.11. The van der Waals surface area contributed by atoms with Crippen LogP contribution in [0.1, 0.15) is 134 Å². The Balaban J connectivity index is 1.25. The molecule has 0 saturated heterocycles. The molecular formula is C31H48O. The number of hydrogen-bond donors (Lipinski definition) is 0. The fourth-order valence-electron chi connectivity index (χ4n) is 7.11. The highest BCUT2D eigenvalue weighted by Crippen LogP contribution is 2.59. The molecule has 1 heteroatoms.